The number of nitrogens with zero attached hydrogens (tertiary/aromatic N) is 3. The van der Waals surface area contributed by atoms with Gasteiger partial charge in [-0.2, -0.15) is 0 Å². The molecule has 2 rings (SSSR count). The van der Waals surface area contributed by atoms with Gasteiger partial charge in [0.1, 0.15) is 5.82 Å². The summed E-state index contributed by atoms with van der Waals surface area (Å²) in [7, 11) is 0. The minimum Gasteiger partial charge on any atom is -0.476 e. The third-order valence-electron chi connectivity index (χ3n) is 2.17. The summed E-state index contributed by atoms with van der Waals surface area (Å²) in [6.07, 6.45) is 1.11. The van der Waals surface area contributed by atoms with Crippen molar-refractivity contribution in [3.63, 3.8) is 0 Å². The molecule has 0 bridgehead atoms. The second-order valence-electron chi connectivity index (χ2n) is 3.27. The van der Waals surface area contributed by atoms with E-state index in [0.717, 1.165) is 10.9 Å². The molecule has 0 radical (unpaired) electrons. The zero-order valence-corrected chi connectivity index (χ0v) is 8.38. The number of aryl methyl sites for hydroxylation is 1. The third-order valence-corrected chi connectivity index (χ3v) is 2.17. The van der Waals surface area contributed by atoms with Crippen LogP contribution in [0.5, 0.6) is 0 Å². The number of carboxylic acid groups (broad SMARTS) is 1. The van der Waals surface area contributed by atoms with Crippen LogP contribution >= 0.6 is 0 Å². The summed E-state index contributed by atoms with van der Waals surface area (Å²) in [6.45, 7) is 1.62. The first-order valence-electron chi connectivity index (χ1n) is 4.50. The lowest BCUT2D eigenvalue weighted by molar-refractivity contribution is 0.0687. The molecule has 1 aromatic carbocycles. The molecule has 0 amide bonds. The Labute approximate surface area is 90.1 Å². The van der Waals surface area contributed by atoms with E-state index in [1.165, 1.54) is 6.07 Å². The Morgan fingerprint density at radius 3 is 2.88 bits per heavy atom. The summed E-state index contributed by atoms with van der Waals surface area (Å²) in [5, 5.41) is 15.9. The summed E-state index contributed by atoms with van der Waals surface area (Å²) in [6, 6.07) is 4.36. The van der Waals surface area contributed by atoms with Crippen LogP contribution in [-0.2, 0) is 0 Å². The van der Waals surface area contributed by atoms with Crippen LogP contribution in [0.2, 0.25) is 0 Å². The Kier molecular flexibility index (Phi) is 2.40. The van der Waals surface area contributed by atoms with E-state index in [-0.39, 0.29) is 5.69 Å². The van der Waals surface area contributed by atoms with Crippen LogP contribution in [0.3, 0.4) is 0 Å². The topological polar surface area (TPSA) is 68.0 Å². The van der Waals surface area contributed by atoms with Crippen LogP contribution < -0.4 is 0 Å². The summed E-state index contributed by atoms with van der Waals surface area (Å²) in [5.74, 6) is -1.57. The quantitative estimate of drug-likeness (QED) is 0.832. The lowest BCUT2D eigenvalue weighted by Gasteiger charge is -2.04. The molecule has 5 nitrogen and oxygen atoms in total. The average Bonchev–Trinajstić information content (AvgIpc) is 2.71. The van der Waals surface area contributed by atoms with Crippen molar-refractivity contribution in [3.8, 4) is 5.69 Å². The lowest BCUT2D eigenvalue weighted by atomic mass is 10.2. The fraction of sp³-hybridized carbons (Fsp3) is 0.100. The van der Waals surface area contributed by atoms with E-state index in [1.807, 2.05) is 0 Å². The third kappa shape index (κ3) is 1.65. The molecule has 0 atom stereocenters. The first-order valence-corrected chi connectivity index (χ1v) is 4.50. The van der Waals surface area contributed by atoms with Gasteiger partial charge in [0.2, 0.25) is 0 Å². The average molecular weight is 221 g/mol. The Balaban J connectivity index is 2.54. The number of aromatic nitrogens is 3. The second-order valence-corrected chi connectivity index (χ2v) is 3.27. The zero-order valence-electron chi connectivity index (χ0n) is 8.38. The highest BCUT2D eigenvalue weighted by molar-refractivity contribution is 5.85. The molecule has 0 fully saturated rings. The summed E-state index contributed by atoms with van der Waals surface area (Å²) >= 11 is 0. The van der Waals surface area contributed by atoms with Crippen LogP contribution in [0.25, 0.3) is 5.69 Å². The van der Waals surface area contributed by atoms with E-state index >= 15 is 0 Å². The van der Waals surface area contributed by atoms with Gasteiger partial charge < -0.3 is 5.11 Å². The smallest absolute Gasteiger partial charge is 0.356 e. The minimum absolute atomic E-state index is 0.108. The van der Waals surface area contributed by atoms with Crippen molar-refractivity contribution in [1.29, 1.82) is 0 Å². The minimum atomic E-state index is -1.16. The molecule has 0 aliphatic rings. The standard InChI is InChI=1S/C10H8FN3O2/c1-6-2-3-7(4-8(6)11)14-9(10(15)16)5-12-13-14/h2-5H,1H3,(H,15,16). The SMILES string of the molecule is Cc1ccc(-n2nncc2C(=O)O)cc1F. The molecule has 0 saturated heterocycles. The van der Waals surface area contributed by atoms with Gasteiger partial charge in [0.15, 0.2) is 5.69 Å². The maximum absolute atomic E-state index is 13.3. The van der Waals surface area contributed by atoms with Crippen molar-refractivity contribution in [1.82, 2.24) is 15.0 Å². The number of carboxylic acids is 1. The van der Waals surface area contributed by atoms with E-state index in [0.29, 0.717) is 11.3 Å². The van der Waals surface area contributed by atoms with Crippen LogP contribution in [0, 0.1) is 12.7 Å². The summed E-state index contributed by atoms with van der Waals surface area (Å²) in [4.78, 5) is 10.8. The lowest BCUT2D eigenvalue weighted by Crippen LogP contribution is -2.08. The number of halogens is 1. The molecule has 6 heteroatoms. The molecule has 1 N–H and O–H groups in total. The number of benzene rings is 1. The van der Waals surface area contributed by atoms with E-state index < -0.39 is 11.8 Å². The van der Waals surface area contributed by atoms with Crippen molar-refractivity contribution >= 4 is 5.97 Å². The first kappa shape index (κ1) is 10.3. The maximum Gasteiger partial charge on any atom is 0.356 e. The molecule has 1 heterocycles. The summed E-state index contributed by atoms with van der Waals surface area (Å²) in [5.41, 5.74) is 0.710. The highest BCUT2D eigenvalue weighted by Crippen LogP contribution is 2.14. The molecule has 0 aliphatic carbocycles. The predicted molar refractivity (Wildman–Crippen MR) is 53.0 cm³/mol. The van der Waals surface area contributed by atoms with Crippen LogP contribution in [0.15, 0.2) is 24.4 Å². The molecule has 0 saturated carbocycles. The monoisotopic (exact) mass is 221 g/mol. The number of hydrogen-bond acceptors (Lipinski definition) is 3. The van der Waals surface area contributed by atoms with Gasteiger partial charge in [-0.05, 0) is 24.6 Å². The molecule has 2 aromatic rings. The van der Waals surface area contributed by atoms with E-state index in [9.17, 15) is 9.18 Å². The van der Waals surface area contributed by atoms with Crippen LogP contribution in [0.1, 0.15) is 16.1 Å². The number of rotatable bonds is 2. The van der Waals surface area contributed by atoms with Crippen molar-refractivity contribution < 1.29 is 14.3 Å². The van der Waals surface area contributed by atoms with Crippen molar-refractivity contribution in [2.24, 2.45) is 0 Å². The molecule has 82 valence electrons. The molecule has 0 aliphatic heterocycles. The van der Waals surface area contributed by atoms with Gasteiger partial charge in [-0.25, -0.2) is 13.9 Å². The van der Waals surface area contributed by atoms with Gasteiger partial charge in [0.05, 0.1) is 11.9 Å². The van der Waals surface area contributed by atoms with E-state index in [2.05, 4.69) is 10.3 Å². The fourth-order valence-electron chi connectivity index (χ4n) is 1.29. The van der Waals surface area contributed by atoms with Crippen molar-refractivity contribution in [2.45, 2.75) is 6.92 Å². The molecule has 1 aromatic heterocycles. The van der Waals surface area contributed by atoms with Gasteiger partial charge in [0.25, 0.3) is 0 Å². The maximum atomic E-state index is 13.3. The molecular weight excluding hydrogens is 213 g/mol. The molecule has 0 spiro atoms. The van der Waals surface area contributed by atoms with Gasteiger partial charge >= 0.3 is 5.97 Å². The second kappa shape index (κ2) is 3.73. The number of hydrogen-bond donors (Lipinski definition) is 1. The van der Waals surface area contributed by atoms with Crippen molar-refractivity contribution in [3.05, 3.63) is 41.5 Å². The van der Waals surface area contributed by atoms with Gasteiger partial charge in [-0.15, -0.1) is 5.10 Å². The van der Waals surface area contributed by atoms with Crippen molar-refractivity contribution in [2.75, 3.05) is 0 Å². The largest absolute Gasteiger partial charge is 0.476 e. The van der Waals surface area contributed by atoms with E-state index in [4.69, 9.17) is 5.11 Å². The Morgan fingerprint density at radius 2 is 2.25 bits per heavy atom. The number of carbonyl (C=O) groups is 1. The van der Waals surface area contributed by atoms with Crippen LogP contribution in [-0.4, -0.2) is 26.1 Å². The van der Waals surface area contributed by atoms with Gasteiger partial charge in [0, 0.05) is 0 Å². The summed E-state index contributed by atoms with van der Waals surface area (Å²) < 4.78 is 14.4. The molecule has 0 unspecified atom stereocenters. The fourth-order valence-corrected chi connectivity index (χ4v) is 1.29. The normalized spacial score (nSPS) is 10.4. The highest BCUT2D eigenvalue weighted by Gasteiger charge is 2.13. The molecular formula is C10H8FN3O2. The van der Waals surface area contributed by atoms with Crippen LogP contribution in [0.4, 0.5) is 4.39 Å². The highest BCUT2D eigenvalue weighted by atomic mass is 19.1. The van der Waals surface area contributed by atoms with E-state index in [1.54, 1.807) is 19.1 Å². The molecule has 16 heavy (non-hydrogen) atoms. The number of aromatic carboxylic acids is 1. The Bertz CT molecular complexity index is 551. The zero-order chi connectivity index (χ0) is 11.7. The van der Waals surface area contributed by atoms with Gasteiger partial charge in [-0.1, -0.05) is 11.3 Å². The van der Waals surface area contributed by atoms with Gasteiger partial charge in [-0.3, -0.25) is 0 Å². The Hall–Kier alpha value is -2.24. The Morgan fingerprint density at radius 1 is 1.50 bits per heavy atom. The predicted octanol–water partition coefficient (Wildman–Crippen LogP) is 1.41. The first-order chi connectivity index (χ1) is 7.59.